The fourth-order valence-electron chi connectivity index (χ4n) is 5.08. The summed E-state index contributed by atoms with van der Waals surface area (Å²) in [7, 11) is 1.67. The van der Waals surface area contributed by atoms with Crippen molar-refractivity contribution in [3.8, 4) is 5.75 Å². The lowest BCUT2D eigenvalue weighted by Crippen LogP contribution is -2.06. The van der Waals surface area contributed by atoms with Crippen LogP contribution in [0, 0.1) is 0 Å². The highest BCUT2D eigenvalue weighted by Crippen LogP contribution is 2.47. The SMILES string of the molecule is COc1ccc2ccc(=O)oc2c1[C@H]1C=C(C)C[C@H](C=C(C)C)c2[nH]c3ccccc3c21. The molecule has 1 N–H and O–H groups in total. The van der Waals surface area contributed by atoms with Crippen molar-refractivity contribution in [2.75, 3.05) is 7.11 Å². The van der Waals surface area contributed by atoms with Gasteiger partial charge in [0.15, 0.2) is 0 Å². The summed E-state index contributed by atoms with van der Waals surface area (Å²) in [6.07, 6.45) is 5.58. The van der Waals surface area contributed by atoms with Crippen LogP contribution in [-0.2, 0) is 0 Å². The van der Waals surface area contributed by atoms with Gasteiger partial charge in [0.2, 0.25) is 0 Å². The number of para-hydroxylation sites is 1. The first-order valence-corrected chi connectivity index (χ1v) is 11.0. The number of methoxy groups -OCH3 is 1. The summed E-state index contributed by atoms with van der Waals surface area (Å²) in [6, 6.07) is 15.6. The Kier molecular flexibility index (Phi) is 5.01. The summed E-state index contributed by atoms with van der Waals surface area (Å²) in [5.74, 6) is 0.857. The van der Waals surface area contributed by atoms with Gasteiger partial charge in [-0.15, -0.1) is 0 Å². The molecule has 0 aliphatic heterocycles. The quantitative estimate of drug-likeness (QED) is 0.290. The van der Waals surface area contributed by atoms with Gasteiger partial charge in [0.05, 0.1) is 7.11 Å². The average Bonchev–Trinajstić information content (AvgIpc) is 3.09. The average molecular weight is 426 g/mol. The van der Waals surface area contributed by atoms with Crippen molar-refractivity contribution in [3.63, 3.8) is 0 Å². The van der Waals surface area contributed by atoms with Gasteiger partial charge in [-0.1, -0.05) is 41.5 Å². The molecule has 32 heavy (non-hydrogen) atoms. The lowest BCUT2D eigenvalue weighted by Gasteiger charge is -2.20. The van der Waals surface area contributed by atoms with Crippen LogP contribution in [0.2, 0.25) is 0 Å². The maximum atomic E-state index is 12.2. The van der Waals surface area contributed by atoms with Gasteiger partial charge in [0.25, 0.3) is 0 Å². The molecule has 0 spiro atoms. The Morgan fingerprint density at radius 1 is 1.09 bits per heavy atom. The molecule has 0 radical (unpaired) electrons. The standard InChI is InChI=1S/C28H27NO3/c1-16(2)13-19-14-17(3)15-21(25-20-7-5-6-8-22(20)29-27(19)25)26-23(31-4)11-9-18-10-12-24(30)32-28(18)26/h5-13,15,19,21,29H,14H2,1-4H3/t19-,21-/m0/s1. The zero-order chi connectivity index (χ0) is 22.4. The highest BCUT2D eigenvalue weighted by atomic mass is 16.5. The van der Waals surface area contributed by atoms with Crippen LogP contribution < -0.4 is 10.4 Å². The van der Waals surface area contributed by atoms with Gasteiger partial charge in [-0.25, -0.2) is 4.79 Å². The Morgan fingerprint density at radius 3 is 2.66 bits per heavy atom. The molecule has 5 rings (SSSR count). The Bertz CT molecular complexity index is 1450. The maximum absolute atomic E-state index is 12.2. The van der Waals surface area contributed by atoms with Crippen LogP contribution in [0.3, 0.4) is 0 Å². The molecule has 2 aromatic carbocycles. The summed E-state index contributed by atoms with van der Waals surface area (Å²) in [6.45, 7) is 6.47. The van der Waals surface area contributed by atoms with Gasteiger partial charge in [-0.2, -0.15) is 0 Å². The number of benzene rings is 2. The first-order valence-electron chi connectivity index (χ1n) is 11.0. The monoisotopic (exact) mass is 425 g/mol. The molecule has 1 aliphatic carbocycles. The number of hydrogen-bond acceptors (Lipinski definition) is 3. The van der Waals surface area contributed by atoms with Gasteiger partial charge < -0.3 is 14.1 Å². The number of aromatic amines is 1. The van der Waals surface area contributed by atoms with Crippen molar-refractivity contribution in [1.82, 2.24) is 4.98 Å². The third-order valence-electron chi connectivity index (χ3n) is 6.31. The van der Waals surface area contributed by atoms with Crippen molar-refractivity contribution in [1.29, 1.82) is 0 Å². The number of ether oxygens (including phenoxy) is 1. The van der Waals surface area contributed by atoms with E-state index in [4.69, 9.17) is 9.15 Å². The summed E-state index contributed by atoms with van der Waals surface area (Å²) < 4.78 is 11.6. The molecule has 4 nitrogen and oxygen atoms in total. The van der Waals surface area contributed by atoms with Crippen LogP contribution in [0.4, 0.5) is 0 Å². The highest BCUT2D eigenvalue weighted by Gasteiger charge is 2.31. The second-order valence-electron chi connectivity index (χ2n) is 8.90. The summed E-state index contributed by atoms with van der Waals surface area (Å²) in [4.78, 5) is 15.9. The van der Waals surface area contributed by atoms with Gasteiger partial charge in [0.1, 0.15) is 11.3 Å². The Morgan fingerprint density at radius 2 is 1.88 bits per heavy atom. The Labute approximate surface area is 187 Å². The van der Waals surface area contributed by atoms with E-state index in [0.717, 1.165) is 28.6 Å². The second-order valence-corrected chi connectivity index (χ2v) is 8.90. The van der Waals surface area contributed by atoms with E-state index in [-0.39, 0.29) is 17.5 Å². The number of nitrogens with one attached hydrogen (secondary N) is 1. The van der Waals surface area contributed by atoms with Crippen molar-refractivity contribution < 1.29 is 9.15 Å². The van der Waals surface area contributed by atoms with E-state index in [2.05, 4.69) is 62.2 Å². The molecule has 0 saturated heterocycles. The third kappa shape index (κ3) is 3.36. The molecule has 4 aromatic rings. The number of allylic oxidation sites excluding steroid dienone is 4. The molecule has 162 valence electrons. The topological polar surface area (TPSA) is 55.2 Å². The molecule has 4 heteroatoms. The lowest BCUT2D eigenvalue weighted by atomic mass is 9.86. The molecule has 2 aromatic heterocycles. The molecule has 0 saturated carbocycles. The van der Waals surface area contributed by atoms with Gasteiger partial charge in [0, 0.05) is 45.4 Å². The van der Waals surface area contributed by atoms with Crippen molar-refractivity contribution in [2.24, 2.45) is 0 Å². The molecule has 1 aliphatic rings. The number of aromatic nitrogens is 1. The molecular formula is C28H27NO3. The predicted octanol–water partition coefficient (Wildman–Crippen LogP) is 6.81. The minimum atomic E-state index is -0.358. The van der Waals surface area contributed by atoms with E-state index in [9.17, 15) is 4.79 Å². The fraction of sp³-hybridized carbons (Fsp3) is 0.250. The summed E-state index contributed by atoms with van der Waals surface area (Å²) in [5, 5.41) is 2.07. The maximum Gasteiger partial charge on any atom is 0.336 e. The molecule has 0 unspecified atom stereocenters. The van der Waals surface area contributed by atoms with Gasteiger partial charge >= 0.3 is 5.63 Å². The van der Waals surface area contributed by atoms with E-state index < -0.39 is 0 Å². The Hall–Kier alpha value is -3.53. The molecular weight excluding hydrogens is 398 g/mol. The van der Waals surface area contributed by atoms with Crippen molar-refractivity contribution in [3.05, 3.63) is 99.1 Å². The largest absolute Gasteiger partial charge is 0.496 e. The van der Waals surface area contributed by atoms with E-state index in [1.54, 1.807) is 7.11 Å². The van der Waals surface area contributed by atoms with Crippen LogP contribution >= 0.6 is 0 Å². The third-order valence-corrected chi connectivity index (χ3v) is 6.31. The van der Waals surface area contributed by atoms with E-state index >= 15 is 0 Å². The van der Waals surface area contributed by atoms with Crippen molar-refractivity contribution in [2.45, 2.75) is 39.0 Å². The highest BCUT2D eigenvalue weighted by molar-refractivity contribution is 5.90. The minimum Gasteiger partial charge on any atom is -0.496 e. The summed E-state index contributed by atoms with van der Waals surface area (Å²) in [5.41, 5.74) is 7.25. The molecule has 2 heterocycles. The van der Waals surface area contributed by atoms with Crippen LogP contribution in [0.5, 0.6) is 5.75 Å². The fourth-order valence-corrected chi connectivity index (χ4v) is 5.08. The predicted molar refractivity (Wildman–Crippen MR) is 130 cm³/mol. The van der Waals surface area contributed by atoms with Crippen LogP contribution in [0.25, 0.3) is 21.9 Å². The molecule has 0 fully saturated rings. The van der Waals surface area contributed by atoms with Gasteiger partial charge in [-0.05, 0) is 57.0 Å². The normalized spacial score (nSPS) is 18.2. The van der Waals surface area contributed by atoms with Crippen molar-refractivity contribution >= 4 is 21.9 Å². The van der Waals surface area contributed by atoms with E-state index in [0.29, 0.717) is 5.58 Å². The zero-order valence-electron chi connectivity index (χ0n) is 18.9. The number of H-pyrrole nitrogens is 1. The number of fused-ring (bicyclic) bond motifs is 4. The zero-order valence-corrected chi connectivity index (χ0v) is 18.9. The van der Waals surface area contributed by atoms with E-state index in [1.807, 2.05) is 18.2 Å². The van der Waals surface area contributed by atoms with Gasteiger partial charge in [-0.3, -0.25) is 0 Å². The minimum absolute atomic E-state index is 0.110. The Balaban J connectivity index is 1.90. The number of rotatable bonds is 3. The number of hydrogen-bond donors (Lipinski definition) is 1. The molecule has 0 amide bonds. The summed E-state index contributed by atoms with van der Waals surface area (Å²) >= 11 is 0. The first kappa shape index (κ1) is 20.4. The first-order chi connectivity index (χ1) is 15.5. The van der Waals surface area contributed by atoms with Crippen LogP contribution in [0.1, 0.15) is 55.8 Å². The van der Waals surface area contributed by atoms with E-state index in [1.165, 1.54) is 33.9 Å². The van der Waals surface area contributed by atoms with Crippen LogP contribution in [0.15, 0.2) is 81.0 Å². The smallest absolute Gasteiger partial charge is 0.336 e. The molecule has 2 atom stereocenters. The lowest BCUT2D eigenvalue weighted by molar-refractivity contribution is 0.408. The van der Waals surface area contributed by atoms with Crippen LogP contribution in [-0.4, -0.2) is 12.1 Å². The molecule has 0 bridgehead atoms. The second kappa shape index (κ2) is 7.86.